The van der Waals surface area contributed by atoms with E-state index in [1.807, 2.05) is 31.3 Å². The number of nitrogen functional groups attached to an aromatic ring is 1. The fraction of sp³-hybridized carbons (Fsp3) is 0.455. The van der Waals surface area contributed by atoms with Crippen molar-refractivity contribution in [3.63, 3.8) is 0 Å². The molecule has 84 valence electrons. The van der Waals surface area contributed by atoms with Crippen LogP contribution in [-0.2, 0) is 0 Å². The second-order valence-electron chi connectivity index (χ2n) is 3.67. The Morgan fingerprint density at radius 1 is 1.07 bits per heavy atom. The van der Waals surface area contributed by atoms with Gasteiger partial charge >= 0.3 is 0 Å². The highest BCUT2D eigenvalue weighted by atomic mass is 15.2. The Labute approximate surface area is 91.2 Å². The molecule has 2 unspecified atom stereocenters. The van der Waals surface area contributed by atoms with Crippen LogP contribution < -0.4 is 21.7 Å². The number of benzene rings is 1. The molecule has 0 heterocycles. The molecule has 4 nitrogen and oxygen atoms in total. The molecule has 15 heavy (non-hydrogen) atoms. The summed E-state index contributed by atoms with van der Waals surface area (Å²) in [5.74, 6) is 0. The predicted octanol–water partition coefficient (Wildman–Crippen LogP) is 1.18. The maximum Gasteiger partial charge on any atom is 0.0751 e. The van der Waals surface area contributed by atoms with Gasteiger partial charge in [-0.25, -0.2) is 0 Å². The molecule has 0 radical (unpaired) electrons. The van der Waals surface area contributed by atoms with Gasteiger partial charge in [-0.1, -0.05) is 0 Å². The number of anilines is 2. The molecule has 4 heteroatoms. The maximum atomic E-state index is 5.61. The minimum Gasteiger partial charge on any atom is -0.399 e. The van der Waals surface area contributed by atoms with Crippen molar-refractivity contribution in [3.8, 4) is 0 Å². The summed E-state index contributed by atoms with van der Waals surface area (Å²) >= 11 is 0. The number of rotatable bonds is 5. The summed E-state index contributed by atoms with van der Waals surface area (Å²) in [5.41, 5.74) is 7.45. The summed E-state index contributed by atoms with van der Waals surface area (Å²) in [6.07, 6.45) is 0.484. The molecule has 0 aliphatic carbocycles. The molecule has 0 aromatic heterocycles. The van der Waals surface area contributed by atoms with E-state index in [1.54, 1.807) is 0 Å². The van der Waals surface area contributed by atoms with Gasteiger partial charge in [0.05, 0.1) is 12.3 Å². The van der Waals surface area contributed by atoms with Crippen molar-refractivity contribution in [2.24, 2.45) is 0 Å². The molecule has 5 N–H and O–H groups in total. The van der Waals surface area contributed by atoms with E-state index in [9.17, 15) is 0 Å². The zero-order valence-electron chi connectivity index (χ0n) is 9.54. The summed E-state index contributed by atoms with van der Waals surface area (Å²) in [6, 6.07) is 7.71. The lowest BCUT2D eigenvalue weighted by atomic mass is 10.3. The zero-order chi connectivity index (χ0) is 11.3. The van der Waals surface area contributed by atoms with E-state index in [0.29, 0.717) is 0 Å². The van der Waals surface area contributed by atoms with Crippen molar-refractivity contribution in [2.75, 3.05) is 18.1 Å². The third-order valence-corrected chi connectivity index (χ3v) is 2.23. The first kappa shape index (κ1) is 11.8. The molecule has 0 saturated carbocycles. The lowest BCUT2D eigenvalue weighted by Gasteiger charge is -2.21. The Morgan fingerprint density at radius 3 is 2.20 bits per heavy atom. The molecule has 0 saturated heterocycles. The van der Waals surface area contributed by atoms with Gasteiger partial charge in [0.2, 0.25) is 0 Å². The lowest BCUT2D eigenvalue weighted by molar-refractivity contribution is 0.450. The van der Waals surface area contributed by atoms with Gasteiger partial charge in [-0.15, -0.1) is 0 Å². The largest absolute Gasteiger partial charge is 0.399 e. The summed E-state index contributed by atoms with van der Waals surface area (Å²) in [6.45, 7) is 4.14. The molecule has 0 amide bonds. The van der Waals surface area contributed by atoms with Crippen LogP contribution in [0.25, 0.3) is 0 Å². The van der Waals surface area contributed by atoms with E-state index in [0.717, 1.165) is 11.4 Å². The topological polar surface area (TPSA) is 62.1 Å². The lowest BCUT2D eigenvalue weighted by Crippen LogP contribution is -2.45. The van der Waals surface area contributed by atoms with Gasteiger partial charge in [-0.3, -0.25) is 5.32 Å². The number of nitrogens with one attached hydrogen (secondary N) is 3. The SMILES string of the molecule is CNC(C)NC(C)Nc1ccc(N)cc1. The standard InChI is InChI=1S/C11H20N4/c1-8(13-3)14-9(2)15-11-6-4-10(12)5-7-11/h4-9,13-15H,12H2,1-3H3. The normalized spacial score (nSPS) is 14.6. The molecular weight excluding hydrogens is 188 g/mol. The quantitative estimate of drug-likeness (QED) is 0.433. The van der Waals surface area contributed by atoms with Crippen molar-refractivity contribution < 1.29 is 0 Å². The van der Waals surface area contributed by atoms with Gasteiger partial charge in [0.25, 0.3) is 0 Å². The second-order valence-corrected chi connectivity index (χ2v) is 3.67. The van der Waals surface area contributed by atoms with Crippen molar-refractivity contribution in [3.05, 3.63) is 24.3 Å². The third-order valence-electron chi connectivity index (χ3n) is 2.23. The van der Waals surface area contributed by atoms with Crippen LogP contribution in [0.15, 0.2) is 24.3 Å². The first-order valence-electron chi connectivity index (χ1n) is 5.17. The third kappa shape index (κ3) is 4.18. The molecule has 1 aromatic carbocycles. The second kappa shape index (κ2) is 5.58. The van der Waals surface area contributed by atoms with Crippen LogP contribution in [0.1, 0.15) is 13.8 Å². The van der Waals surface area contributed by atoms with Gasteiger partial charge < -0.3 is 16.4 Å². The zero-order valence-corrected chi connectivity index (χ0v) is 9.54. The summed E-state index contributed by atoms with van der Waals surface area (Å²) < 4.78 is 0. The van der Waals surface area contributed by atoms with Gasteiger partial charge in [-0.2, -0.15) is 0 Å². The first-order valence-corrected chi connectivity index (χ1v) is 5.17. The highest BCUT2D eigenvalue weighted by Crippen LogP contribution is 2.10. The Morgan fingerprint density at radius 2 is 1.67 bits per heavy atom. The summed E-state index contributed by atoms with van der Waals surface area (Å²) in [5, 5.41) is 9.79. The fourth-order valence-corrected chi connectivity index (χ4v) is 1.33. The van der Waals surface area contributed by atoms with E-state index in [1.165, 1.54) is 0 Å². The van der Waals surface area contributed by atoms with Crippen molar-refractivity contribution >= 4 is 11.4 Å². The summed E-state index contributed by atoms with van der Waals surface area (Å²) in [7, 11) is 1.92. The molecule has 2 atom stereocenters. The Kier molecular flexibility index (Phi) is 4.39. The Balaban J connectivity index is 2.44. The van der Waals surface area contributed by atoms with Crippen LogP contribution in [0.5, 0.6) is 0 Å². The van der Waals surface area contributed by atoms with E-state index >= 15 is 0 Å². The van der Waals surface area contributed by atoms with Crippen LogP contribution in [0.4, 0.5) is 11.4 Å². The molecule has 0 aliphatic rings. The maximum absolute atomic E-state index is 5.61. The number of hydrogen-bond donors (Lipinski definition) is 4. The molecule has 0 spiro atoms. The molecule has 0 aliphatic heterocycles. The monoisotopic (exact) mass is 208 g/mol. The molecule has 1 aromatic rings. The van der Waals surface area contributed by atoms with Crippen LogP contribution in [-0.4, -0.2) is 19.4 Å². The predicted molar refractivity (Wildman–Crippen MR) is 65.6 cm³/mol. The van der Waals surface area contributed by atoms with E-state index < -0.39 is 0 Å². The van der Waals surface area contributed by atoms with E-state index in [-0.39, 0.29) is 12.3 Å². The number of nitrogens with two attached hydrogens (primary N) is 1. The van der Waals surface area contributed by atoms with Gasteiger partial charge in [0.15, 0.2) is 0 Å². The number of hydrogen-bond acceptors (Lipinski definition) is 4. The van der Waals surface area contributed by atoms with Gasteiger partial charge in [-0.05, 0) is 45.2 Å². The average molecular weight is 208 g/mol. The highest BCUT2D eigenvalue weighted by molar-refractivity contribution is 5.51. The molecule has 0 bridgehead atoms. The van der Waals surface area contributed by atoms with Crippen molar-refractivity contribution in [2.45, 2.75) is 26.2 Å². The van der Waals surface area contributed by atoms with E-state index in [2.05, 4.69) is 29.8 Å². The van der Waals surface area contributed by atoms with E-state index in [4.69, 9.17) is 5.73 Å². The van der Waals surface area contributed by atoms with Crippen LogP contribution >= 0.6 is 0 Å². The minimum absolute atomic E-state index is 0.205. The Bertz CT molecular complexity index is 283. The summed E-state index contributed by atoms with van der Waals surface area (Å²) in [4.78, 5) is 0. The molecule has 1 rings (SSSR count). The fourth-order valence-electron chi connectivity index (χ4n) is 1.33. The van der Waals surface area contributed by atoms with Crippen molar-refractivity contribution in [1.29, 1.82) is 0 Å². The average Bonchev–Trinajstić information content (AvgIpc) is 2.21. The first-order chi connectivity index (χ1) is 7.11. The smallest absolute Gasteiger partial charge is 0.0751 e. The van der Waals surface area contributed by atoms with Gasteiger partial charge in [0.1, 0.15) is 0 Å². The van der Waals surface area contributed by atoms with Gasteiger partial charge in [0, 0.05) is 11.4 Å². The Hall–Kier alpha value is -1.26. The highest BCUT2D eigenvalue weighted by Gasteiger charge is 2.04. The van der Waals surface area contributed by atoms with Crippen LogP contribution in [0.3, 0.4) is 0 Å². The minimum atomic E-state index is 0.205. The van der Waals surface area contributed by atoms with Crippen LogP contribution in [0, 0.1) is 0 Å². The van der Waals surface area contributed by atoms with Crippen LogP contribution in [0.2, 0.25) is 0 Å². The molecule has 0 fully saturated rings. The molecular formula is C11H20N4. The van der Waals surface area contributed by atoms with Crippen molar-refractivity contribution in [1.82, 2.24) is 10.6 Å².